The predicted octanol–water partition coefficient (Wildman–Crippen LogP) is 4.08. The molecule has 2 saturated heterocycles. The summed E-state index contributed by atoms with van der Waals surface area (Å²) in [6.45, 7) is 5.77. The number of carbonyl (C=O) groups excluding carboxylic acids is 2. The minimum Gasteiger partial charge on any atom is -0.493 e. The van der Waals surface area contributed by atoms with E-state index in [-0.39, 0.29) is 12.3 Å². The first kappa shape index (κ1) is 30.0. The van der Waals surface area contributed by atoms with Gasteiger partial charge in [0, 0.05) is 38.3 Å². The van der Waals surface area contributed by atoms with Gasteiger partial charge in [0.2, 0.25) is 0 Å². The Morgan fingerprint density at radius 1 is 0.884 bits per heavy atom. The van der Waals surface area contributed by atoms with E-state index >= 15 is 0 Å². The lowest BCUT2D eigenvalue weighted by Gasteiger charge is -2.31. The van der Waals surface area contributed by atoms with Gasteiger partial charge in [-0.1, -0.05) is 24.3 Å². The van der Waals surface area contributed by atoms with E-state index in [1.165, 1.54) is 6.20 Å². The minimum atomic E-state index is -0.867. The molecule has 11 nitrogen and oxygen atoms in total. The monoisotopic (exact) mass is 588 g/mol. The number of anilines is 1. The molecule has 226 valence electrons. The van der Waals surface area contributed by atoms with E-state index in [0.29, 0.717) is 48.5 Å². The molecule has 0 atom stereocenters. The third-order valence-corrected chi connectivity index (χ3v) is 7.55. The van der Waals surface area contributed by atoms with Crippen molar-refractivity contribution in [2.75, 3.05) is 51.3 Å². The molecule has 43 heavy (non-hydrogen) atoms. The molecule has 2 aromatic carbocycles. The van der Waals surface area contributed by atoms with Crippen LogP contribution in [0.5, 0.6) is 11.5 Å². The summed E-state index contributed by atoms with van der Waals surface area (Å²) in [5.41, 5.74) is 2.40. The molecular formula is C32H36N4O7. The van der Waals surface area contributed by atoms with Gasteiger partial charge >= 0.3 is 12.1 Å². The van der Waals surface area contributed by atoms with Crippen LogP contribution in [0.25, 0.3) is 0 Å². The summed E-state index contributed by atoms with van der Waals surface area (Å²) in [5.74, 6) is 0.520. The number of carboxylic acids is 1. The second kappa shape index (κ2) is 14.6. The summed E-state index contributed by atoms with van der Waals surface area (Å²) in [5, 5.41) is 11.7. The molecule has 0 unspecified atom stereocenters. The molecule has 2 N–H and O–H groups in total. The minimum absolute atomic E-state index is 0.0167. The fourth-order valence-corrected chi connectivity index (χ4v) is 5.02. The van der Waals surface area contributed by atoms with Crippen molar-refractivity contribution < 1.29 is 33.7 Å². The average molecular weight is 589 g/mol. The molecule has 2 fully saturated rings. The van der Waals surface area contributed by atoms with Gasteiger partial charge in [-0.05, 0) is 66.3 Å². The quantitative estimate of drug-likeness (QED) is 0.360. The van der Waals surface area contributed by atoms with Crippen molar-refractivity contribution in [1.82, 2.24) is 14.8 Å². The molecule has 2 aliphatic rings. The number of aliphatic carboxylic acids is 1. The SMILES string of the molecule is O=C(O)Cc1ccc(OCC2CCN(C(=O)Oc3ccc(NC(=O)c4ccc(CN5CCOCC5)cc4)nc3)CC2)cc1. The lowest BCUT2D eigenvalue weighted by molar-refractivity contribution is -0.136. The van der Waals surface area contributed by atoms with Gasteiger partial charge in [0.05, 0.1) is 32.4 Å². The van der Waals surface area contributed by atoms with E-state index in [9.17, 15) is 14.4 Å². The van der Waals surface area contributed by atoms with Crippen LogP contribution in [0.1, 0.15) is 34.3 Å². The van der Waals surface area contributed by atoms with Gasteiger partial charge in [0.1, 0.15) is 11.6 Å². The largest absolute Gasteiger partial charge is 0.493 e. The van der Waals surface area contributed by atoms with E-state index in [0.717, 1.165) is 56.8 Å². The first-order valence-corrected chi connectivity index (χ1v) is 14.5. The number of carbonyl (C=O) groups is 3. The van der Waals surface area contributed by atoms with E-state index < -0.39 is 12.1 Å². The summed E-state index contributed by atoms with van der Waals surface area (Å²) < 4.78 is 16.8. The van der Waals surface area contributed by atoms with Gasteiger partial charge in [-0.3, -0.25) is 14.5 Å². The Balaban J connectivity index is 1.02. The Hall–Kier alpha value is -4.48. The van der Waals surface area contributed by atoms with Crippen molar-refractivity contribution >= 4 is 23.8 Å². The maximum absolute atomic E-state index is 12.7. The van der Waals surface area contributed by atoms with E-state index in [4.69, 9.17) is 19.3 Å². The Bertz CT molecular complexity index is 1370. The molecule has 11 heteroatoms. The van der Waals surface area contributed by atoms with Crippen molar-refractivity contribution in [2.24, 2.45) is 5.92 Å². The summed E-state index contributed by atoms with van der Waals surface area (Å²) in [6.07, 6.45) is 2.52. The van der Waals surface area contributed by atoms with Crippen LogP contribution in [0.4, 0.5) is 10.6 Å². The van der Waals surface area contributed by atoms with Crippen LogP contribution in [0.3, 0.4) is 0 Å². The number of nitrogens with one attached hydrogen (secondary N) is 1. The van der Waals surface area contributed by atoms with Gasteiger partial charge in [-0.2, -0.15) is 0 Å². The number of carboxylic acid groups (broad SMARTS) is 1. The average Bonchev–Trinajstić information content (AvgIpc) is 3.02. The van der Waals surface area contributed by atoms with Gasteiger partial charge in [0.25, 0.3) is 5.91 Å². The third-order valence-electron chi connectivity index (χ3n) is 7.55. The number of ether oxygens (including phenoxy) is 3. The number of benzene rings is 2. The van der Waals surface area contributed by atoms with Crippen molar-refractivity contribution in [1.29, 1.82) is 0 Å². The molecule has 2 aliphatic heterocycles. The molecule has 3 heterocycles. The predicted molar refractivity (Wildman–Crippen MR) is 158 cm³/mol. The van der Waals surface area contributed by atoms with Gasteiger partial charge < -0.3 is 29.5 Å². The second-order valence-corrected chi connectivity index (χ2v) is 10.7. The first-order valence-electron chi connectivity index (χ1n) is 14.5. The molecule has 0 saturated carbocycles. The van der Waals surface area contributed by atoms with Crippen molar-refractivity contribution in [2.45, 2.75) is 25.8 Å². The van der Waals surface area contributed by atoms with Crippen molar-refractivity contribution in [3.8, 4) is 11.5 Å². The summed E-state index contributed by atoms with van der Waals surface area (Å²) >= 11 is 0. The molecule has 0 aliphatic carbocycles. The van der Waals surface area contributed by atoms with Crippen molar-refractivity contribution in [3.63, 3.8) is 0 Å². The number of morpholine rings is 1. The number of piperidine rings is 1. The summed E-state index contributed by atoms with van der Waals surface area (Å²) in [7, 11) is 0. The van der Waals surface area contributed by atoms with Gasteiger partial charge in [-0.15, -0.1) is 0 Å². The fourth-order valence-electron chi connectivity index (χ4n) is 5.02. The lowest BCUT2D eigenvalue weighted by Crippen LogP contribution is -2.41. The number of aromatic nitrogens is 1. The highest BCUT2D eigenvalue weighted by atomic mass is 16.6. The van der Waals surface area contributed by atoms with Crippen LogP contribution in [0.2, 0.25) is 0 Å². The normalized spacial score (nSPS) is 16.0. The van der Waals surface area contributed by atoms with E-state index in [1.807, 2.05) is 12.1 Å². The van der Waals surface area contributed by atoms with Crippen LogP contribution < -0.4 is 14.8 Å². The number of amides is 2. The number of rotatable bonds is 10. The fraction of sp³-hybridized carbons (Fsp3) is 0.375. The molecule has 1 aromatic heterocycles. The molecule has 5 rings (SSSR count). The standard InChI is InChI=1S/C32H36N4O7/c37-30(38)19-23-3-7-27(8-4-23)42-22-25-11-13-36(14-12-25)32(40)43-28-9-10-29(33-20-28)34-31(39)26-5-1-24(2-6-26)21-35-15-17-41-18-16-35/h1-10,20,25H,11-19,21-22H2,(H,37,38)(H,33,34,39). The van der Waals surface area contributed by atoms with Crippen LogP contribution in [-0.2, 0) is 22.5 Å². The molecular weight excluding hydrogens is 552 g/mol. The maximum atomic E-state index is 12.7. The number of likely N-dealkylation sites (tertiary alicyclic amines) is 1. The highest BCUT2D eigenvalue weighted by molar-refractivity contribution is 6.03. The molecule has 3 aromatic rings. The van der Waals surface area contributed by atoms with Gasteiger partial charge in [-0.25, -0.2) is 9.78 Å². The Morgan fingerprint density at radius 3 is 2.21 bits per heavy atom. The van der Waals surface area contributed by atoms with Crippen LogP contribution in [0, 0.1) is 5.92 Å². The molecule has 0 bridgehead atoms. The highest BCUT2D eigenvalue weighted by Gasteiger charge is 2.25. The van der Waals surface area contributed by atoms with E-state index in [2.05, 4.69) is 15.2 Å². The molecule has 0 spiro atoms. The van der Waals surface area contributed by atoms with Crippen LogP contribution >= 0.6 is 0 Å². The first-order chi connectivity index (χ1) is 20.9. The molecule has 0 radical (unpaired) electrons. The Morgan fingerprint density at radius 2 is 1.56 bits per heavy atom. The summed E-state index contributed by atoms with van der Waals surface area (Å²) in [4.78, 5) is 44.4. The number of hydrogen-bond donors (Lipinski definition) is 2. The van der Waals surface area contributed by atoms with E-state index in [1.54, 1.807) is 53.4 Å². The summed E-state index contributed by atoms with van der Waals surface area (Å²) in [6, 6.07) is 17.8. The Kier molecular flexibility index (Phi) is 10.2. The topological polar surface area (TPSA) is 131 Å². The van der Waals surface area contributed by atoms with Crippen molar-refractivity contribution in [3.05, 3.63) is 83.6 Å². The number of nitrogens with zero attached hydrogens (tertiary/aromatic N) is 3. The van der Waals surface area contributed by atoms with Crippen LogP contribution in [0.15, 0.2) is 66.9 Å². The maximum Gasteiger partial charge on any atom is 0.415 e. The third kappa shape index (κ3) is 9.00. The zero-order valence-corrected chi connectivity index (χ0v) is 23.9. The second-order valence-electron chi connectivity index (χ2n) is 10.7. The molecule has 2 amide bonds. The smallest absolute Gasteiger partial charge is 0.415 e. The number of hydrogen-bond acceptors (Lipinski definition) is 8. The van der Waals surface area contributed by atoms with Crippen LogP contribution in [-0.4, -0.2) is 83.9 Å². The highest BCUT2D eigenvalue weighted by Crippen LogP contribution is 2.22. The zero-order valence-electron chi connectivity index (χ0n) is 23.9. The van der Waals surface area contributed by atoms with Gasteiger partial charge in [0.15, 0.2) is 5.75 Å². The lowest BCUT2D eigenvalue weighted by atomic mass is 9.98. The zero-order chi connectivity index (χ0) is 30.0. The number of pyridine rings is 1. The Labute approximate surface area is 250 Å².